The number of carbonyl (C=O) groups is 3. The van der Waals surface area contributed by atoms with Crippen LogP contribution in [0.3, 0.4) is 0 Å². The van der Waals surface area contributed by atoms with Crippen molar-refractivity contribution in [1.82, 2.24) is 10.2 Å². The summed E-state index contributed by atoms with van der Waals surface area (Å²) in [6.45, 7) is 0.534. The maximum Gasteiger partial charge on any atom is 0.410 e. The Bertz CT molecular complexity index is 972. The lowest BCUT2D eigenvalue weighted by Gasteiger charge is -2.25. The first-order valence-electron chi connectivity index (χ1n) is 10.2. The van der Waals surface area contributed by atoms with E-state index in [0.717, 1.165) is 15.6 Å². The summed E-state index contributed by atoms with van der Waals surface area (Å²) in [5.41, 5.74) is 1.61. The number of carbonyl (C=O) groups excluding carboxylic acids is 3. The summed E-state index contributed by atoms with van der Waals surface area (Å²) in [5.74, 6) is -1.01. The van der Waals surface area contributed by atoms with Crippen LogP contribution < -0.4 is 5.32 Å². The van der Waals surface area contributed by atoms with E-state index in [1.165, 1.54) is 12.0 Å². The number of rotatable bonds is 7. The number of halogens is 2. The van der Waals surface area contributed by atoms with Crippen molar-refractivity contribution >= 4 is 45.5 Å². The van der Waals surface area contributed by atoms with Crippen LogP contribution in [0.5, 0.6) is 0 Å². The molecule has 1 fully saturated rings. The van der Waals surface area contributed by atoms with Gasteiger partial charge in [-0.15, -0.1) is 0 Å². The molecule has 1 heterocycles. The second-order valence-electron chi connectivity index (χ2n) is 7.42. The van der Waals surface area contributed by atoms with E-state index in [-0.39, 0.29) is 13.0 Å². The molecule has 0 aromatic heterocycles. The minimum atomic E-state index is -0.926. The Morgan fingerprint density at radius 3 is 2.69 bits per heavy atom. The van der Waals surface area contributed by atoms with E-state index in [1.807, 2.05) is 30.3 Å². The normalized spacial score (nSPS) is 16.3. The van der Waals surface area contributed by atoms with E-state index < -0.39 is 30.1 Å². The molecule has 1 aliphatic heterocycles. The van der Waals surface area contributed by atoms with E-state index in [2.05, 4.69) is 21.2 Å². The zero-order valence-corrected chi connectivity index (χ0v) is 19.9. The fourth-order valence-corrected chi connectivity index (χ4v) is 4.19. The summed E-state index contributed by atoms with van der Waals surface area (Å²) in [4.78, 5) is 39.3. The lowest BCUT2D eigenvalue weighted by Crippen LogP contribution is -2.51. The molecule has 0 spiro atoms. The maximum atomic E-state index is 13.0. The molecule has 2 amide bonds. The highest BCUT2D eigenvalue weighted by Gasteiger charge is 2.37. The third kappa shape index (κ3) is 6.23. The molecule has 0 aliphatic carbocycles. The summed E-state index contributed by atoms with van der Waals surface area (Å²) in [5, 5.41) is 3.25. The van der Waals surface area contributed by atoms with Gasteiger partial charge in [-0.2, -0.15) is 0 Å². The molecule has 0 radical (unpaired) electrons. The molecule has 1 aliphatic rings. The van der Waals surface area contributed by atoms with E-state index in [0.29, 0.717) is 24.4 Å². The van der Waals surface area contributed by atoms with Crippen molar-refractivity contribution in [1.29, 1.82) is 0 Å². The summed E-state index contributed by atoms with van der Waals surface area (Å²) in [7, 11) is 1.26. The predicted molar refractivity (Wildman–Crippen MR) is 123 cm³/mol. The van der Waals surface area contributed by atoms with Gasteiger partial charge in [0.1, 0.15) is 18.7 Å². The first-order chi connectivity index (χ1) is 15.4. The molecule has 170 valence electrons. The Morgan fingerprint density at radius 1 is 1.22 bits per heavy atom. The molecule has 9 heteroatoms. The van der Waals surface area contributed by atoms with E-state index in [9.17, 15) is 14.4 Å². The maximum absolute atomic E-state index is 13.0. The fraction of sp³-hybridized carbons (Fsp3) is 0.348. The van der Waals surface area contributed by atoms with E-state index in [4.69, 9.17) is 21.1 Å². The van der Waals surface area contributed by atoms with Crippen molar-refractivity contribution in [2.24, 2.45) is 0 Å². The number of esters is 1. The highest BCUT2D eigenvalue weighted by atomic mass is 79.9. The van der Waals surface area contributed by atoms with Crippen LogP contribution in [0.25, 0.3) is 0 Å². The highest BCUT2D eigenvalue weighted by Crippen LogP contribution is 2.24. The van der Waals surface area contributed by atoms with Crippen LogP contribution in [0.1, 0.15) is 24.0 Å². The second kappa shape index (κ2) is 11.3. The third-order valence-electron chi connectivity index (χ3n) is 5.23. The number of hydrogen-bond donors (Lipinski definition) is 1. The number of nitrogens with zero attached hydrogens (tertiary/aromatic N) is 1. The van der Waals surface area contributed by atoms with Crippen LogP contribution in [0.2, 0.25) is 5.02 Å². The Balaban J connectivity index is 1.65. The van der Waals surface area contributed by atoms with Gasteiger partial charge in [0, 0.05) is 22.5 Å². The number of likely N-dealkylation sites (tertiary alicyclic amines) is 1. The molecular weight excluding hydrogens is 500 g/mol. The first-order valence-corrected chi connectivity index (χ1v) is 11.4. The van der Waals surface area contributed by atoms with Crippen molar-refractivity contribution in [2.75, 3.05) is 13.7 Å². The molecule has 0 unspecified atom stereocenters. The SMILES string of the molecule is COC(=O)[C@H](Cc1cc(Cl)ccc1Br)NC(=O)[C@H]1CCCN1C(=O)OCc1ccccc1. The number of amides is 2. The number of hydrogen-bond acceptors (Lipinski definition) is 5. The van der Waals surface area contributed by atoms with Crippen LogP contribution in [0, 0.1) is 0 Å². The van der Waals surface area contributed by atoms with Crippen molar-refractivity contribution < 1.29 is 23.9 Å². The molecule has 0 bridgehead atoms. The molecule has 32 heavy (non-hydrogen) atoms. The van der Waals surface area contributed by atoms with Crippen LogP contribution in [-0.4, -0.2) is 48.6 Å². The minimum absolute atomic E-state index is 0.123. The Morgan fingerprint density at radius 2 is 1.97 bits per heavy atom. The van der Waals surface area contributed by atoms with Crippen molar-refractivity contribution in [3.63, 3.8) is 0 Å². The average molecular weight is 524 g/mol. The number of benzene rings is 2. The Hall–Kier alpha value is -2.58. The van der Waals surface area contributed by atoms with Crippen LogP contribution in [-0.2, 0) is 32.1 Å². The van der Waals surface area contributed by atoms with Gasteiger partial charge in [-0.05, 0) is 42.2 Å². The molecule has 0 saturated carbocycles. The van der Waals surface area contributed by atoms with Crippen LogP contribution in [0.4, 0.5) is 4.79 Å². The monoisotopic (exact) mass is 522 g/mol. The minimum Gasteiger partial charge on any atom is -0.467 e. The topological polar surface area (TPSA) is 84.9 Å². The standard InChI is InChI=1S/C23H24BrClN2O5/c1-31-22(29)19(13-16-12-17(25)9-10-18(16)24)26-21(28)20-8-5-11-27(20)23(30)32-14-15-6-3-2-4-7-15/h2-4,6-7,9-10,12,19-20H,5,8,11,13-14H2,1H3,(H,26,28)/t19-,20+/m0/s1. The molecule has 1 N–H and O–H groups in total. The van der Waals surface area contributed by atoms with Gasteiger partial charge < -0.3 is 14.8 Å². The molecule has 2 aromatic carbocycles. The molecule has 3 rings (SSSR count). The van der Waals surface area contributed by atoms with Gasteiger partial charge in [-0.3, -0.25) is 9.69 Å². The molecule has 2 aromatic rings. The average Bonchev–Trinajstić information content (AvgIpc) is 3.29. The molecule has 1 saturated heterocycles. The van der Waals surface area contributed by atoms with Crippen LogP contribution in [0.15, 0.2) is 53.0 Å². The lowest BCUT2D eigenvalue weighted by atomic mass is 10.1. The summed E-state index contributed by atoms with van der Waals surface area (Å²) < 4.78 is 11.0. The number of nitrogens with one attached hydrogen (secondary N) is 1. The summed E-state index contributed by atoms with van der Waals surface area (Å²) in [6, 6.07) is 12.9. The third-order valence-corrected chi connectivity index (χ3v) is 6.24. The molecular formula is C23H24BrClN2O5. The van der Waals surface area contributed by atoms with E-state index in [1.54, 1.807) is 18.2 Å². The van der Waals surface area contributed by atoms with Crippen molar-refractivity contribution in [2.45, 2.75) is 38.0 Å². The van der Waals surface area contributed by atoms with Gasteiger partial charge in [-0.25, -0.2) is 9.59 Å². The van der Waals surface area contributed by atoms with Gasteiger partial charge in [0.2, 0.25) is 5.91 Å². The summed E-state index contributed by atoms with van der Waals surface area (Å²) in [6.07, 6.45) is 0.784. The number of methoxy groups -OCH3 is 1. The van der Waals surface area contributed by atoms with Gasteiger partial charge in [0.05, 0.1) is 7.11 Å². The molecule has 2 atom stereocenters. The van der Waals surface area contributed by atoms with Crippen molar-refractivity contribution in [3.05, 3.63) is 69.2 Å². The first kappa shape index (κ1) is 24.1. The van der Waals surface area contributed by atoms with Gasteiger partial charge in [0.25, 0.3) is 0 Å². The van der Waals surface area contributed by atoms with E-state index >= 15 is 0 Å². The van der Waals surface area contributed by atoms with Crippen molar-refractivity contribution in [3.8, 4) is 0 Å². The largest absolute Gasteiger partial charge is 0.467 e. The summed E-state index contributed by atoms with van der Waals surface area (Å²) >= 11 is 9.50. The zero-order chi connectivity index (χ0) is 23.1. The Kier molecular flexibility index (Phi) is 8.53. The Labute approximate surface area is 200 Å². The van der Waals surface area contributed by atoms with Gasteiger partial charge in [-0.1, -0.05) is 57.9 Å². The highest BCUT2D eigenvalue weighted by molar-refractivity contribution is 9.10. The molecule has 7 nitrogen and oxygen atoms in total. The lowest BCUT2D eigenvalue weighted by molar-refractivity contribution is -0.145. The fourth-order valence-electron chi connectivity index (χ4n) is 3.58. The van der Waals surface area contributed by atoms with Gasteiger partial charge in [0.15, 0.2) is 0 Å². The predicted octanol–water partition coefficient (Wildman–Crippen LogP) is 4.10. The smallest absolute Gasteiger partial charge is 0.410 e. The van der Waals surface area contributed by atoms with Crippen LogP contribution >= 0.6 is 27.5 Å². The second-order valence-corrected chi connectivity index (χ2v) is 8.71. The quantitative estimate of drug-likeness (QED) is 0.552. The number of ether oxygens (including phenoxy) is 2. The van der Waals surface area contributed by atoms with Gasteiger partial charge >= 0.3 is 12.1 Å². The zero-order valence-electron chi connectivity index (χ0n) is 17.6.